The first-order chi connectivity index (χ1) is 16.4. The molecule has 35 heavy (non-hydrogen) atoms. The molecule has 8 nitrogen and oxygen atoms in total. The highest BCUT2D eigenvalue weighted by atomic mass is 19.4. The molecule has 4 heterocycles. The molecule has 0 N–H and O–H groups in total. The van der Waals surface area contributed by atoms with Gasteiger partial charge in [0.2, 0.25) is 0 Å². The van der Waals surface area contributed by atoms with Crippen LogP contribution < -0.4 is 9.80 Å². The van der Waals surface area contributed by atoms with Gasteiger partial charge in [0.25, 0.3) is 11.8 Å². The summed E-state index contributed by atoms with van der Waals surface area (Å²) in [6, 6.07) is 3.85. The molecule has 2 aromatic rings. The summed E-state index contributed by atoms with van der Waals surface area (Å²) in [6.07, 6.45) is -2.35. The standard InChI is InChI=1S/C24H23F3N4O4/c1-12-10-14(24(25,26)27)11-17(28-12)31-18(19-20(22(31)33)35-23(2,3)34-19)21(32)30(4)16-9-8-13-6-5-7-15(13)29-16/h5-6,8-11,18-20H,7H2,1-4H3/t18-,19-,20-/m0/s1. The maximum Gasteiger partial charge on any atom is 0.416 e. The summed E-state index contributed by atoms with van der Waals surface area (Å²) in [7, 11) is 1.50. The fraction of sp³-hybridized carbons (Fsp3) is 0.417. The highest BCUT2D eigenvalue weighted by Crippen LogP contribution is 2.41. The van der Waals surface area contributed by atoms with Crippen molar-refractivity contribution in [3.8, 4) is 0 Å². The summed E-state index contributed by atoms with van der Waals surface area (Å²) >= 11 is 0. The maximum atomic E-state index is 13.8. The van der Waals surface area contributed by atoms with Crippen LogP contribution in [0.15, 0.2) is 30.3 Å². The molecular weight excluding hydrogens is 465 g/mol. The molecule has 2 aromatic heterocycles. The largest absolute Gasteiger partial charge is 0.416 e. The molecule has 1 aliphatic carbocycles. The van der Waals surface area contributed by atoms with Crippen molar-refractivity contribution < 1.29 is 32.2 Å². The molecule has 0 unspecified atom stereocenters. The van der Waals surface area contributed by atoms with Crippen LogP contribution in [0.1, 0.15) is 36.4 Å². The van der Waals surface area contributed by atoms with Gasteiger partial charge in [0.15, 0.2) is 11.9 Å². The number of allylic oxidation sites excluding steroid dienone is 1. The summed E-state index contributed by atoms with van der Waals surface area (Å²) in [5.41, 5.74) is 0.829. The number of carbonyl (C=O) groups excluding carboxylic acids is 2. The lowest BCUT2D eigenvalue weighted by Crippen LogP contribution is -2.51. The Hall–Kier alpha value is -3.31. The summed E-state index contributed by atoms with van der Waals surface area (Å²) in [6.45, 7) is 4.60. The molecule has 11 heteroatoms. The number of alkyl halides is 3. The average molecular weight is 488 g/mol. The second-order valence-corrected chi connectivity index (χ2v) is 9.24. The Balaban J connectivity index is 1.56. The number of likely N-dealkylation sites (N-methyl/N-ethyl adjacent to an activating group) is 1. The summed E-state index contributed by atoms with van der Waals surface area (Å²) in [4.78, 5) is 38.1. The maximum absolute atomic E-state index is 13.8. The lowest BCUT2D eigenvalue weighted by atomic mass is 10.1. The van der Waals surface area contributed by atoms with Gasteiger partial charge in [-0.1, -0.05) is 12.2 Å². The molecule has 2 amide bonds. The predicted octanol–water partition coefficient (Wildman–Crippen LogP) is 3.27. The SMILES string of the molecule is Cc1cc(C(F)(F)F)cc(N2C(=O)[C@H]3OC(C)(C)O[C@H]3[C@H]2C(=O)N(C)c2ccc3c(n2)CC=C3)n1. The number of hydrogen-bond donors (Lipinski definition) is 0. The van der Waals surface area contributed by atoms with Crippen molar-refractivity contribution in [1.82, 2.24) is 9.97 Å². The normalized spacial score (nSPS) is 24.6. The number of aryl methyl sites for hydroxylation is 1. The predicted molar refractivity (Wildman–Crippen MR) is 119 cm³/mol. The minimum absolute atomic E-state index is 0.0502. The zero-order valence-corrected chi connectivity index (χ0v) is 19.5. The van der Waals surface area contributed by atoms with E-state index in [9.17, 15) is 22.8 Å². The molecule has 2 fully saturated rings. The van der Waals surface area contributed by atoms with E-state index in [0.717, 1.165) is 28.3 Å². The number of hydrogen-bond acceptors (Lipinski definition) is 6. The topological polar surface area (TPSA) is 84.9 Å². The van der Waals surface area contributed by atoms with Crippen molar-refractivity contribution >= 4 is 29.5 Å². The first kappa shape index (κ1) is 23.4. The third-order valence-electron chi connectivity index (χ3n) is 6.24. The zero-order chi connectivity index (χ0) is 25.3. The Labute approximate surface area is 199 Å². The van der Waals surface area contributed by atoms with Crippen molar-refractivity contribution in [2.24, 2.45) is 0 Å². The molecule has 3 aliphatic rings. The second kappa shape index (κ2) is 7.85. The van der Waals surface area contributed by atoms with Crippen LogP contribution in [0.2, 0.25) is 0 Å². The van der Waals surface area contributed by atoms with Gasteiger partial charge < -0.3 is 9.47 Å². The first-order valence-electron chi connectivity index (χ1n) is 11.0. The van der Waals surface area contributed by atoms with Gasteiger partial charge in [-0.25, -0.2) is 9.97 Å². The van der Waals surface area contributed by atoms with Gasteiger partial charge in [0.1, 0.15) is 23.8 Å². The smallest absolute Gasteiger partial charge is 0.341 e. The number of amides is 2. The monoisotopic (exact) mass is 488 g/mol. The Morgan fingerprint density at radius 1 is 1.20 bits per heavy atom. The fourth-order valence-corrected chi connectivity index (χ4v) is 4.69. The van der Waals surface area contributed by atoms with E-state index >= 15 is 0 Å². The van der Waals surface area contributed by atoms with E-state index in [1.165, 1.54) is 18.9 Å². The van der Waals surface area contributed by atoms with E-state index in [-0.39, 0.29) is 11.5 Å². The molecule has 2 aliphatic heterocycles. The fourth-order valence-electron chi connectivity index (χ4n) is 4.69. The van der Waals surface area contributed by atoms with Gasteiger partial charge in [-0.15, -0.1) is 0 Å². The van der Waals surface area contributed by atoms with Crippen molar-refractivity contribution in [2.45, 2.75) is 57.4 Å². The molecule has 3 atom stereocenters. The number of aromatic nitrogens is 2. The van der Waals surface area contributed by atoms with Crippen LogP contribution in [0.5, 0.6) is 0 Å². The van der Waals surface area contributed by atoms with Crippen molar-refractivity contribution in [2.75, 3.05) is 16.8 Å². The molecule has 0 radical (unpaired) electrons. The Morgan fingerprint density at radius 2 is 1.94 bits per heavy atom. The number of nitrogens with zero attached hydrogens (tertiary/aromatic N) is 4. The van der Waals surface area contributed by atoms with Crippen molar-refractivity contribution in [1.29, 1.82) is 0 Å². The van der Waals surface area contributed by atoms with Crippen LogP contribution in [0.4, 0.5) is 24.8 Å². The molecule has 0 saturated carbocycles. The number of pyridine rings is 2. The Bertz CT molecular complexity index is 1260. The van der Waals surface area contributed by atoms with Gasteiger partial charge in [0, 0.05) is 19.2 Å². The van der Waals surface area contributed by atoms with Gasteiger partial charge in [-0.05, 0) is 50.6 Å². The van der Waals surface area contributed by atoms with Gasteiger partial charge in [0.05, 0.1) is 11.3 Å². The van der Waals surface area contributed by atoms with E-state index in [2.05, 4.69) is 9.97 Å². The molecule has 5 rings (SSSR count). The van der Waals surface area contributed by atoms with Crippen LogP contribution in [0.25, 0.3) is 6.08 Å². The minimum atomic E-state index is -4.66. The molecule has 0 bridgehead atoms. The Morgan fingerprint density at radius 3 is 2.66 bits per heavy atom. The molecule has 184 valence electrons. The first-order valence-corrected chi connectivity index (χ1v) is 11.0. The van der Waals surface area contributed by atoms with Crippen molar-refractivity contribution in [3.63, 3.8) is 0 Å². The summed E-state index contributed by atoms with van der Waals surface area (Å²) < 4.78 is 52.2. The number of halogens is 3. The second-order valence-electron chi connectivity index (χ2n) is 9.24. The van der Waals surface area contributed by atoms with Crippen LogP contribution in [-0.4, -0.2) is 52.9 Å². The average Bonchev–Trinajstić information content (AvgIpc) is 3.43. The van der Waals surface area contributed by atoms with Crippen molar-refractivity contribution in [3.05, 3.63) is 52.9 Å². The third-order valence-corrected chi connectivity index (χ3v) is 6.24. The lowest BCUT2D eigenvalue weighted by molar-refractivity contribution is -0.161. The van der Waals surface area contributed by atoms with Gasteiger partial charge in [-0.3, -0.25) is 19.4 Å². The van der Waals surface area contributed by atoms with E-state index in [1.54, 1.807) is 19.9 Å². The molecule has 0 aromatic carbocycles. The summed E-state index contributed by atoms with van der Waals surface area (Å²) in [5.74, 6) is -2.37. The Kier molecular flexibility index (Phi) is 5.26. The highest BCUT2D eigenvalue weighted by Gasteiger charge is 2.61. The van der Waals surface area contributed by atoms with E-state index in [4.69, 9.17) is 9.47 Å². The number of ether oxygens (including phenoxy) is 2. The third kappa shape index (κ3) is 3.98. The number of carbonyl (C=O) groups is 2. The number of rotatable bonds is 3. The molecule has 2 saturated heterocycles. The van der Waals surface area contributed by atoms with E-state index in [0.29, 0.717) is 12.2 Å². The number of fused-ring (bicyclic) bond motifs is 2. The van der Waals surface area contributed by atoms with E-state index < -0.39 is 47.6 Å². The van der Waals surface area contributed by atoms with Crippen LogP contribution >= 0.6 is 0 Å². The van der Waals surface area contributed by atoms with Crippen LogP contribution in [-0.2, 0) is 31.7 Å². The highest BCUT2D eigenvalue weighted by molar-refractivity contribution is 6.10. The quantitative estimate of drug-likeness (QED) is 0.660. The zero-order valence-electron chi connectivity index (χ0n) is 19.5. The number of anilines is 2. The van der Waals surface area contributed by atoms with Gasteiger partial charge >= 0.3 is 6.18 Å². The van der Waals surface area contributed by atoms with Gasteiger partial charge in [-0.2, -0.15) is 13.2 Å². The van der Waals surface area contributed by atoms with E-state index in [1.807, 2.05) is 18.2 Å². The lowest BCUT2D eigenvalue weighted by Gasteiger charge is -2.31. The van der Waals surface area contributed by atoms with Crippen LogP contribution in [0, 0.1) is 6.92 Å². The van der Waals surface area contributed by atoms with Crippen LogP contribution in [0.3, 0.4) is 0 Å². The molecule has 0 spiro atoms. The minimum Gasteiger partial charge on any atom is -0.341 e. The summed E-state index contributed by atoms with van der Waals surface area (Å²) in [5, 5.41) is 0. The molecular formula is C24H23F3N4O4.